The molecule has 1 saturated carbocycles. The third-order valence-corrected chi connectivity index (χ3v) is 7.77. The number of anilines is 2. The summed E-state index contributed by atoms with van der Waals surface area (Å²) in [4.78, 5) is 18.1. The molecule has 0 spiro atoms. The van der Waals surface area contributed by atoms with E-state index in [0.29, 0.717) is 17.1 Å². The second kappa shape index (κ2) is 9.30. The first-order valence-corrected chi connectivity index (χ1v) is 13.0. The highest BCUT2D eigenvalue weighted by atomic mass is 35.5. The number of H-pyrrole nitrogens is 1. The first-order valence-electron chi connectivity index (χ1n) is 12.6. The van der Waals surface area contributed by atoms with Gasteiger partial charge in [0.1, 0.15) is 5.82 Å². The summed E-state index contributed by atoms with van der Waals surface area (Å²) in [6.07, 6.45) is 6.11. The summed E-state index contributed by atoms with van der Waals surface area (Å²) in [5.74, 6) is 0.819. The Morgan fingerprint density at radius 3 is 2.57 bits per heavy atom. The fourth-order valence-corrected chi connectivity index (χ4v) is 5.53. The second-order valence-corrected chi connectivity index (χ2v) is 10.5. The van der Waals surface area contributed by atoms with Crippen molar-refractivity contribution in [3.05, 3.63) is 47.6 Å². The molecule has 3 heterocycles. The molecular weight excluding hydrogens is 458 g/mol. The van der Waals surface area contributed by atoms with E-state index in [1.807, 2.05) is 24.4 Å². The van der Waals surface area contributed by atoms with Crippen LogP contribution in [0.4, 0.5) is 11.4 Å². The number of benzene rings is 2. The van der Waals surface area contributed by atoms with Gasteiger partial charge in [-0.05, 0) is 69.1 Å². The number of likely N-dealkylation sites (N-methyl/N-ethyl adjacent to an activating group) is 1. The molecule has 0 unspecified atom stereocenters. The third-order valence-electron chi connectivity index (χ3n) is 7.54. The molecule has 8 heteroatoms. The lowest BCUT2D eigenvalue weighted by atomic mass is 9.91. The lowest BCUT2D eigenvalue weighted by Crippen LogP contribution is -2.44. The fourth-order valence-electron chi connectivity index (χ4n) is 5.35. The summed E-state index contributed by atoms with van der Waals surface area (Å²) in [5.41, 5.74) is 12.3. The number of hydrogen-bond donors (Lipinski definition) is 3. The van der Waals surface area contributed by atoms with Crippen molar-refractivity contribution in [2.75, 3.05) is 43.4 Å². The van der Waals surface area contributed by atoms with Crippen LogP contribution in [-0.4, -0.2) is 65.2 Å². The minimum absolute atomic E-state index is 0.307. The Balaban J connectivity index is 1.39. The molecule has 0 radical (unpaired) electrons. The van der Waals surface area contributed by atoms with Gasteiger partial charge in [0.25, 0.3) is 0 Å². The molecular formula is C27H32ClN7. The molecule has 0 bridgehead atoms. The van der Waals surface area contributed by atoms with Gasteiger partial charge in [0, 0.05) is 60.6 Å². The number of halogens is 1. The van der Waals surface area contributed by atoms with Gasteiger partial charge in [-0.3, -0.25) is 4.98 Å². The summed E-state index contributed by atoms with van der Waals surface area (Å²) in [6.45, 7) is 4.24. The maximum atomic E-state index is 6.41. The molecule has 2 fully saturated rings. The highest BCUT2D eigenvalue weighted by molar-refractivity contribution is 6.31. The van der Waals surface area contributed by atoms with Gasteiger partial charge in [-0.1, -0.05) is 11.6 Å². The number of piperazine rings is 1. The third kappa shape index (κ3) is 4.56. The van der Waals surface area contributed by atoms with Gasteiger partial charge in [0.2, 0.25) is 0 Å². The normalized spacial score (nSPS) is 21.6. The summed E-state index contributed by atoms with van der Waals surface area (Å²) < 4.78 is 0. The van der Waals surface area contributed by atoms with E-state index in [4.69, 9.17) is 27.3 Å². The number of aromatic amines is 1. The number of pyridine rings is 1. The number of hydrogen-bond acceptors (Lipinski definition) is 6. The largest absolute Gasteiger partial charge is 0.381 e. The van der Waals surface area contributed by atoms with Crippen LogP contribution in [0.2, 0.25) is 5.02 Å². The molecule has 35 heavy (non-hydrogen) atoms. The van der Waals surface area contributed by atoms with Crippen LogP contribution in [0.15, 0.2) is 42.6 Å². The molecule has 1 aliphatic heterocycles. The van der Waals surface area contributed by atoms with Crippen LogP contribution < -0.4 is 16.0 Å². The second-order valence-electron chi connectivity index (χ2n) is 10.0. The summed E-state index contributed by atoms with van der Waals surface area (Å²) in [7, 11) is 2.18. The van der Waals surface area contributed by atoms with E-state index in [1.54, 1.807) is 0 Å². The molecule has 0 amide bonds. The van der Waals surface area contributed by atoms with Gasteiger partial charge >= 0.3 is 0 Å². The molecule has 2 aromatic heterocycles. The van der Waals surface area contributed by atoms with Crippen molar-refractivity contribution in [1.82, 2.24) is 19.9 Å². The Labute approximate surface area is 210 Å². The first kappa shape index (κ1) is 22.6. The van der Waals surface area contributed by atoms with Crippen LogP contribution in [0.1, 0.15) is 25.7 Å². The van der Waals surface area contributed by atoms with E-state index in [1.165, 1.54) is 5.69 Å². The quantitative estimate of drug-likeness (QED) is 0.379. The summed E-state index contributed by atoms with van der Waals surface area (Å²) in [5, 5.41) is 5.54. The Kier molecular flexibility index (Phi) is 6.00. The molecule has 4 aromatic rings. The SMILES string of the molecule is CN1CCN(c2ccc3nc(-c4cnc5ccc(Cl)cc5c4NC4CCC(N)CC4)[nH]c3c2)CC1. The van der Waals surface area contributed by atoms with Crippen molar-refractivity contribution in [3.8, 4) is 11.4 Å². The minimum Gasteiger partial charge on any atom is -0.381 e. The van der Waals surface area contributed by atoms with Crippen LogP contribution in [0.5, 0.6) is 0 Å². The first-order chi connectivity index (χ1) is 17.0. The average molecular weight is 490 g/mol. The van der Waals surface area contributed by atoms with Crippen LogP contribution in [0, 0.1) is 0 Å². The van der Waals surface area contributed by atoms with Gasteiger partial charge in [0.05, 0.1) is 27.8 Å². The molecule has 182 valence electrons. The van der Waals surface area contributed by atoms with Crippen LogP contribution in [0.25, 0.3) is 33.3 Å². The van der Waals surface area contributed by atoms with E-state index >= 15 is 0 Å². The van der Waals surface area contributed by atoms with Crippen molar-refractivity contribution in [3.63, 3.8) is 0 Å². The van der Waals surface area contributed by atoms with Crippen molar-refractivity contribution < 1.29 is 0 Å². The fraction of sp³-hybridized carbons (Fsp3) is 0.407. The highest BCUT2D eigenvalue weighted by Crippen LogP contribution is 2.36. The van der Waals surface area contributed by atoms with Crippen LogP contribution in [0.3, 0.4) is 0 Å². The lowest BCUT2D eigenvalue weighted by Gasteiger charge is -2.34. The summed E-state index contributed by atoms with van der Waals surface area (Å²) >= 11 is 6.41. The van der Waals surface area contributed by atoms with Gasteiger partial charge in [0.15, 0.2) is 0 Å². The van der Waals surface area contributed by atoms with Gasteiger partial charge < -0.3 is 25.8 Å². The van der Waals surface area contributed by atoms with Crippen molar-refractivity contribution in [2.24, 2.45) is 5.73 Å². The Hall–Kier alpha value is -2.87. The van der Waals surface area contributed by atoms with E-state index in [9.17, 15) is 0 Å². The highest BCUT2D eigenvalue weighted by Gasteiger charge is 2.22. The number of nitrogens with zero attached hydrogens (tertiary/aromatic N) is 4. The predicted octanol–water partition coefficient (Wildman–Crippen LogP) is 4.87. The molecule has 0 atom stereocenters. The Bertz CT molecular complexity index is 1350. The van der Waals surface area contributed by atoms with Gasteiger partial charge in [-0.15, -0.1) is 0 Å². The zero-order chi connectivity index (χ0) is 23.9. The number of nitrogens with one attached hydrogen (secondary N) is 2. The van der Waals surface area contributed by atoms with Gasteiger partial charge in [-0.2, -0.15) is 0 Å². The Morgan fingerprint density at radius 2 is 1.77 bits per heavy atom. The average Bonchev–Trinajstić information content (AvgIpc) is 3.29. The molecule has 1 saturated heterocycles. The number of fused-ring (bicyclic) bond motifs is 2. The van der Waals surface area contributed by atoms with Crippen molar-refractivity contribution in [2.45, 2.75) is 37.8 Å². The standard InChI is InChI=1S/C27H32ClN7/c1-34-10-12-35(13-11-34)20-7-9-24-25(15-20)33-27(32-24)22-16-30-23-8-2-17(28)14-21(23)26(22)31-19-5-3-18(29)4-6-19/h2,7-9,14-16,18-19H,3-6,10-13,29H2,1H3,(H,30,31)(H,32,33). The van der Waals surface area contributed by atoms with Crippen LogP contribution >= 0.6 is 11.6 Å². The zero-order valence-corrected chi connectivity index (χ0v) is 20.9. The topological polar surface area (TPSA) is 86.1 Å². The molecule has 7 nitrogen and oxygen atoms in total. The summed E-state index contributed by atoms with van der Waals surface area (Å²) in [6, 6.07) is 13.1. The molecule has 2 aromatic carbocycles. The van der Waals surface area contributed by atoms with E-state index < -0.39 is 0 Å². The Morgan fingerprint density at radius 1 is 1.00 bits per heavy atom. The maximum absolute atomic E-state index is 6.41. The van der Waals surface area contributed by atoms with Crippen molar-refractivity contribution >= 4 is 44.9 Å². The minimum atomic E-state index is 0.307. The molecule has 4 N–H and O–H groups in total. The number of rotatable bonds is 4. The molecule has 6 rings (SSSR count). The monoisotopic (exact) mass is 489 g/mol. The number of imidazole rings is 1. The van der Waals surface area contributed by atoms with Crippen LogP contribution in [-0.2, 0) is 0 Å². The zero-order valence-electron chi connectivity index (χ0n) is 20.1. The lowest BCUT2D eigenvalue weighted by molar-refractivity contribution is 0.313. The van der Waals surface area contributed by atoms with E-state index in [-0.39, 0.29) is 0 Å². The number of nitrogens with two attached hydrogens (primary N) is 1. The van der Waals surface area contributed by atoms with E-state index in [0.717, 1.165) is 90.9 Å². The predicted molar refractivity (Wildman–Crippen MR) is 145 cm³/mol. The smallest absolute Gasteiger partial charge is 0.142 e. The maximum Gasteiger partial charge on any atom is 0.142 e. The molecule has 2 aliphatic rings. The van der Waals surface area contributed by atoms with Gasteiger partial charge in [-0.25, -0.2) is 4.98 Å². The van der Waals surface area contributed by atoms with E-state index in [2.05, 4.69) is 45.3 Å². The van der Waals surface area contributed by atoms with Crippen molar-refractivity contribution in [1.29, 1.82) is 0 Å². The molecule has 1 aliphatic carbocycles. The number of aromatic nitrogens is 3.